The summed E-state index contributed by atoms with van der Waals surface area (Å²) in [5.41, 5.74) is 5.58. The van der Waals surface area contributed by atoms with Crippen LogP contribution in [-0.4, -0.2) is 42.2 Å². The number of aliphatic hydroxyl groups is 1. The van der Waals surface area contributed by atoms with Gasteiger partial charge < -0.3 is 21.5 Å². The third kappa shape index (κ3) is 30.9. The van der Waals surface area contributed by atoms with Gasteiger partial charge in [0.25, 0.3) is 0 Å². The lowest BCUT2D eigenvalue weighted by Crippen LogP contribution is -2.48. The maximum absolute atomic E-state index is 12.2. The van der Waals surface area contributed by atoms with Crippen molar-refractivity contribution in [3.63, 3.8) is 0 Å². The number of amides is 2. The standard InChI is InChI=1S/C38H77N3O3/c1-3-5-7-9-11-13-15-17-19-21-23-25-27-29-36(43)40-33-31-38(39,35-42)32-34-41-37(44)30-28-26-24-22-20-18-16-14-12-10-8-6-4-2/h42H,3-35,39H2,1-2H3,(H,40,43)(H,41,44). The van der Waals surface area contributed by atoms with Crippen LogP contribution in [0.25, 0.3) is 0 Å². The predicted octanol–water partition coefficient (Wildman–Crippen LogP) is 9.65. The molecule has 0 fully saturated rings. The lowest BCUT2D eigenvalue weighted by atomic mass is 9.93. The first-order chi connectivity index (χ1) is 21.5. The molecule has 44 heavy (non-hydrogen) atoms. The van der Waals surface area contributed by atoms with Crippen molar-refractivity contribution in [2.45, 2.75) is 212 Å². The van der Waals surface area contributed by atoms with Crippen LogP contribution in [0.5, 0.6) is 0 Å². The second kappa shape index (κ2) is 33.2. The SMILES string of the molecule is CCCCCCCCCCCCCCCC(=O)NCCC(N)(CO)CCNC(=O)CCCCCCCCCCCCCCC. The van der Waals surface area contributed by atoms with Crippen LogP contribution >= 0.6 is 0 Å². The molecule has 0 bridgehead atoms. The number of hydrogen-bond donors (Lipinski definition) is 4. The van der Waals surface area contributed by atoms with Crippen LogP contribution in [0.3, 0.4) is 0 Å². The van der Waals surface area contributed by atoms with Gasteiger partial charge in [0.15, 0.2) is 0 Å². The highest BCUT2D eigenvalue weighted by Gasteiger charge is 2.23. The molecule has 6 nitrogen and oxygen atoms in total. The molecule has 0 aliphatic carbocycles. The fourth-order valence-corrected chi connectivity index (χ4v) is 5.97. The van der Waals surface area contributed by atoms with Crippen LogP contribution in [0.2, 0.25) is 0 Å². The molecule has 0 saturated carbocycles. The minimum Gasteiger partial charge on any atom is -0.394 e. The summed E-state index contributed by atoms with van der Waals surface area (Å²) in [6.45, 7) is 5.30. The van der Waals surface area contributed by atoms with Gasteiger partial charge in [-0.05, 0) is 25.7 Å². The first kappa shape index (κ1) is 42.9. The molecule has 6 heteroatoms. The van der Waals surface area contributed by atoms with Crippen LogP contribution in [-0.2, 0) is 9.59 Å². The number of nitrogens with two attached hydrogens (primary N) is 1. The lowest BCUT2D eigenvalue weighted by molar-refractivity contribution is -0.121. The maximum Gasteiger partial charge on any atom is 0.219 e. The summed E-state index contributed by atoms with van der Waals surface area (Å²) in [6, 6.07) is 0. The molecular weight excluding hydrogens is 546 g/mol. The van der Waals surface area contributed by atoms with E-state index in [1.807, 2.05) is 0 Å². The zero-order chi connectivity index (χ0) is 32.4. The van der Waals surface area contributed by atoms with Gasteiger partial charge in [-0.15, -0.1) is 0 Å². The van der Waals surface area contributed by atoms with Crippen molar-refractivity contribution in [2.75, 3.05) is 19.7 Å². The number of rotatable bonds is 35. The van der Waals surface area contributed by atoms with Gasteiger partial charge in [0.05, 0.1) is 6.61 Å². The minimum atomic E-state index is -0.786. The Morgan fingerprint density at radius 3 is 0.977 bits per heavy atom. The topological polar surface area (TPSA) is 104 Å². The Morgan fingerprint density at radius 2 is 0.727 bits per heavy atom. The molecule has 0 atom stereocenters. The van der Waals surface area contributed by atoms with Crippen molar-refractivity contribution < 1.29 is 14.7 Å². The summed E-state index contributed by atoms with van der Waals surface area (Å²) in [7, 11) is 0. The van der Waals surface area contributed by atoms with Gasteiger partial charge >= 0.3 is 0 Å². The van der Waals surface area contributed by atoms with E-state index in [1.54, 1.807) is 0 Å². The van der Waals surface area contributed by atoms with E-state index in [0.29, 0.717) is 38.8 Å². The molecule has 2 amide bonds. The third-order valence-corrected chi connectivity index (χ3v) is 9.22. The average Bonchev–Trinajstić information content (AvgIpc) is 3.01. The van der Waals surface area contributed by atoms with E-state index in [4.69, 9.17) is 5.73 Å². The fourth-order valence-electron chi connectivity index (χ4n) is 5.97. The molecule has 0 aliphatic rings. The average molecular weight is 624 g/mol. The molecular formula is C38H77N3O3. The molecule has 0 aromatic rings. The molecule has 0 aliphatic heterocycles. The molecule has 0 spiro atoms. The highest BCUT2D eigenvalue weighted by molar-refractivity contribution is 5.76. The Bertz CT molecular complexity index is 580. The molecule has 262 valence electrons. The highest BCUT2D eigenvalue weighted by Crippen LogP contribution is 2.15. The summed E-state index contributed by atoms with van der Waals surface area (Å²) >= 11 is 0. The number of carbonyl (C=O) groups excluding carboxylic acids is 2. The summed E-state index contributed by atoms with van der Waals surface area (Å²) in [4.78, 5) is 24.4. The van der Waals surface area contributed by atoms with Gasteiger partial charge in [-0.1, -0.05) is 168 Å². The first-order valence-corrected chi connectivity index (χ1v) is 19.4. The molecule has 0 aromatic heterocycles. The van der Waals surface area contributed by atoms with E-state index in [1.165, 1.54) is 141 Å². The highest BCUT2D eigenvalue weighted by atomic mass is 16.3. The van der Waals surface area contributed by atoms with Gasteiger partial charge in [-0.3, -0.25) is 9.59 Å². The Kier molecular flexibility index (Phi) is 32.4. The second-order valence-electron chi connectivity index (χ2n) is 13.7. The Hall–Kier alpha value is -1.14. The molecule has 0 aromatic carbocycles. The quantitative estimate of drug-likeness (QED) is 0.0528. The van der Waals surface area contributed by atoms with Crippen molar-refractivity contribution in [3.05, 3.63) is 0 Å². The summed E-state index contributed by atoms with van der Waals surface area (Å²) in [6.07, 6.45) is 35.9. The number of carbonyl (C=O) groups is 2. The van der Waals surface area contributed by atoms with E-state index in [0.717, 1.165) is 25.7 Å². The number of hydrogen-bond acceptors (Lipinski definition) is 4. The van der Waals surface area contributed by atoms with Crippen molar-refractivity contribution in [3.8, 4) is 0 Å². The van der Waals surface area contributed by atoms with Gasteiger partial charge in [0, 0.05) is 31.5 Å². The van der Waals surface area contributed by atoms with Crippen LogP contribution in [0.1, 0.15) is 206 Å². The predicted molar refractivity (Wildman–Crippen MR) is 190 cm³/mol. The first-order valence-electron chi connectivity index (χ1n) is 19.4. The van der Waals surface area contributed by atoms with Gasteiger partial charge in [0.1, 0.15) is 0 Å². The van der Waals surface area contributed by atoms with Crippen molar-refractivity contribution in [1.29, 1.82) is 0 Å². The maximum atomic E-state index is 12.2. The summed E-state index contributed by atoms with van der Waals surface area (Å²) in [5.74, 6) is 0.138. The molecule has 0 saturated heterocycles. The molecule has 5 N–H and O–H groups in total. The minimum absolute atomic E-state index is 0.0690. The van der Waals surface area contributed by atoms with E-state index in [2.05, 4.69) is 24.5 Å². The third-order valence-electron chi connectivity index (χ3n) is 9.22. The van der Waals surface area contributed by atoms with E-state index >= 15 is 0 Å². The molecule has 0 heterocycles. The van der Waals surface area contributed by atoms with Crippen molar-refractivity contribution >= 4 is 11.8 Å². The Labute approximate surface area is 274 Å². The zero-order valence-corrected chi connectivity index (χ0v) is 29.7. The van der Waals surface area contributed by atoms with Crippen LogP contribution in [0.15, 0.2) is 0 Å². The van der Waals surface area contributed by atoms with E-state index in [9.17, 15) is 14.7 Å². The Balaban J connectivity index is 3.62. The van der Waals surface area contributed by atoms with Crippen LogP contribution < -0.4 is 16.4 Å². The van der Waals surface area contributed by atoms with Crippen molar-refractivity contribution in [2.24, 2.45) is 5.73 Å². The van der Waals surface area contributed by atoms with Gasteiger partial charge in [-0.2, -0.15) is 0 Å². The second-order valence-corrected chi connectivity index (χ2v) is 13.7. The lowest BCUT2D eigenvalue weighted by Gasteiger charge is -2.27. The number of aliphatic hydroxyl groups excluding tert-OH is 1. The molecule has 0 radical (unpaired) electrons. The van der Waals surface area contributed by atoms with E-state index in [-0.39, 0.29) is 18.4 Å². The van der Waals surface area contributed by atoms with Gasteiger partial charge in [0.2, 0.25) is 11.8 Å². The van der Waals surface area contributed by atoms with E-state index < -0.39 is 5.54 Å². The summed E-state index contributed by atoms with van der Waals surface area (Å²) < 4.78 is 0. The molecule has 0 unspecified atom stereocenters. The summed E-state index contributed by atoms with van der Waals surface area (Å²) in [5, 5.41) is 15.8. The smallest absolute Gasteiger partial charge is 0.219 e. The Morgan fingerprint density at radius 1 is 0.477 bits per heavy atom. The van der Waals surface area contributed by atoms with Gasteiger partial charge in [-0.25, -0.2) is 0 Å². The monoisotopic (exact) mass is 624 g/mol. The normalized spacial score (nSPS) is 11.6. The van der Waals surface area contributed by atoms with Crippen LogP contribution in [0.4, 0.5) is 0 Å². The number of unbranched alkanes of at least 4 members (excludes halogenated alkanes) is 24. The largest absolute Gasteiger partial charge is 0.394 e. The molecule has 0 rings (SSSR count). The number of nitrogens with one attached hydrogen (secondary N) is 2. The van der Waals surface area contributed by atoms with Crippen LogP contribution in [0, 0.1) is 0 Å². The zero-order valence-electron chi connectivity index (χ0n) is 29.7. The fraction of sp³-hybridized carbons (Fsp3) is 0.947. The van der Waals surface area contributed by atoms with Crippen molar-refractivity contribution in [1.82, 2.24) is 10.6 Å².